The monoisotopic (exact) mass is 445 g/mol. The maximum absolute atomic E-state index is 13.5. The molecule has 2 aliphatic heterocycles. The zero-order chi connectivity index (χ0) is 22.2. The van der Waals surface area contributed by atoms with Gasteiger partial charge in [0.25, 0.3) is 0 Å². The number of aromatic nitrogens is 2. The van der Waals surface area contributed by atoms with E-state index in [0.29, 0.717) is 18.1 Å². The highest BCUT2D eigenvalue weighted by atomic mass is 32.2. The van der Waals surface area contributed by atoms with Crippen molar-refractivity contribution in [2.45, 2.75) is 43.2 Å². The topological polar surface area (TPSA) is 78.9 Å². The number of fused-ring (bicyclic) bond motifs is 1. The third-order valence-electron chi connectivity index (χ3n) is 6.09. The second kappa shape index (κ2) is 8.72. The molecule has 1 aromatic carbocycles. The van der Waals surface area contributed by atoms with Crippen LogP contribution in [0.15, 0.2) is 29.2 Å². The van der Waals surface area contributed by atoms with E-state index in [4.69, 9.17) is 14.7 Å². The van der Waals surface area contributed by atoms with Gasteiger partial charge in [-0.1, -0.05) is 6.42 Å². The molecule has 0 amide bonds. The SMILES string of the molecule is COc1ccc(S(=O)(=O)N2CCCC[C@@H]2c2nc3c(c(N(C)C)n2)CN(C)CC3)cc1. The number of nitrogens with zero attached hydrogens (tertiary/aromatic N) is 5. The molecule has 9 heteroatoms. The predicted octanol–water partition coefficient (Wildman–Crippen LogP) is 2.46. The van der Waals surface area contributed by atoms with Crippen molar-refractivity contribution in [1.82, 2.24) is 19.2 Å². The highest BCUT2D eigenvalue weighted by Crippen LogP contribution is 2.36. The van der Waals surface area contributed by atoms with Crippen LogP contribution in [0.1, 0.15) is 42.4 Å². The van der Waals surface area contributed by atoms with Gasteiger partial charge in [0.2, 0.25) is 10.0 Å². The first-order chi connectivity index (χ1) is 14.8. The van der Waals surface area contributed by atoms with Gasteiger partial charge in [-0.25, -0.2) is 18.4 Å². The van der Waals surface area contributed by atoms with E-state index in [9.17, 15) is 8.42 Å². The molecule has 1 aromatic heterocycles. The van der Waals surface area contributed by atoms with Gasteiger partial charge in [0.15, 0.2) is 0 Å². The number of ether oxygens (including phenoxy) is 1. The lowest BCUT2D eigenvalue weighted by Gasteiger charge is -2.35. The normalized spacial score (nSPS) is 20.3. The molecule has 2 aliphatic rings. The van der Waals surface area contributed by atoms with E-state index in [-0.39, 0.29) is 10.9 Å². The van der Waals surface area contributed by atoms with Gasteiger partial charge >= 0.3 is 0 Å². The second-order valence-electron chi connectivity index (χ2n) is 8.52. The summed E-state index contributed by atoms with van der Waals surface area (Å²) in [5, 5.41) is 0. The summed E-state index contributed by atoms with van der Waals surface area (Å²) in [4.78, 5) is 14.3. The first-order valence-electron chi connectivity index (χ1n) is 10.7. The molecule has 1 atom stereocenters. The van der Waals surface area contributed by atoms with Gasteiger partial charge < -0.3 is 14.5 Å². The number of hydrogen-bond donors (Lipinski definition) is 0. The number of sulfonamides is 1. The molecule has 4 rings (SSSR count). The first kappa shape index (κ1) is 22.0. The van der Waals surface area contributed by atoms with E-state index >= 15 is 0 Å². The van der Waals surface area contributed by atoms with Crippen LogP contribution in [-0.4, -0.2) is 68.9 Å². The maximum atomic E-state index is 13.5. The fourth-order valence-corrected chi connectivity index (χ4v) is 6.06. The van der Waals surface area contributed by atoms with Crippen LogP contribution < -0.4 is 9.64 Å². The Morgan fingerprint density at radius 2 is 1.84 bits per heavy atom. The fraction of sp³-hybridized carbons (Fsp3) is 0.545. The molecule has 0 N–H and O–H groups in total. The largest absolute Gasteiger partial charge is 0.497 e. The van der Waals surface area contributed by atoms with E-state index in [1.165, 1.54) is 0 Å². The molecule has 2 aromatic rings. The third-order valence-corrected chi connectivity index (χ3v) is 8.01. The summed E-state index contributed by atoms with van der Waals surface area (Å²) >= 11 is 0. The van der Waals surface area contributed by atoms with Crippen LogP contribution in [0.5, 0.6) is 5.75 Å². The highest BCUT2D eigenvalue weighted by molar-refractivity contribution is 7.89. The van der Waals surface area contributed by atoms with Gasteiger partial charge in [0.1, 0.15) is 17.4 Å². The Morgan fingerprint density at radius 3 is 2.52 bits per heavy atom. The minimum absolute atomic E-state index is 0.271. The van der Waals surface area contributed by atoms with Crippen LogP contribution in [0.3, 0.4) is 0 Å². The number of anilines is 1. The molecule has 1 saturated heterocycles. The van der Waals surface area contributed by atoms with E-state index < -0.39 is 10.0 Å². The van der Waals surface area contributed by atoms with Gasteiger partial charge in [-0.05, 0) is 44.2 Å². The predicted molar refractivity (Wildman–Crippen MR) is 120 cm³/mol. The van der Waals surface area contributed by atoms with Crippen LogP contribution in [0.4, 0.5) is 5.82 Å². The van der Waals surface area contributed by atoms with Crippen molar-refractivity contribution in [2.24, 2.45) is 0 Å². The molecule has 168 valence electrons. The van der Waals surface area contributed by atoms with Gasteiger partial charge in [0.05, 0.1) is 23.7 Å². The maximum Gasteiger partial charge on any atom is 0.243 e. The fourth-order valence-electron chi connectivity index (χ4n) is 4.40. The van der Waals surface area contributed by atoms with E-state index in [1.54, 1.807) is 35.7 Å². The quantitative estimate of drug-likeness (QED) is 0.699. The molecule has 0 spiro atoms. The molecular formula is C22H31N5O3S. The minimum atomic E-state index is -3.67. The Labute approximate surface area is 184 Å². The van der Waals surface area contributed by atoms with Crippen molar-refractivity contribution in [3.63, 3.8) is 0 Å². The first-order valence-corrected chi connectivity index (χ1v) is 12.2. The molecule has 0 unspecified atom stereocenters. The van der Waals surface area contributed by atoms with Crippen molar-refractivity contribution in [2.75, 3.05) is 46.2 Å². The lowest BCUT2D eigenvalue weighted by molar-refractivity contribution is 0.244. The Balaban J connectivity index is 1.74. The number of benzene rings is 1. The summed E-state index contributed by atoms with van der Waals surface area (Å²) in [5.74, 6) is 2.13. The van der Waals surface area contributed by atoms with Crippen LogP contribution in [0.25, 0.3) is 0 Å². The van der Waals surface area contributed by atoms with Gasteiger partial charge in [-0.2, -0.15) is 4.31 Å². The lowest BCUT2D eigenvalue weighted by atomic mass is 10.0. The molecular weight excluding hydrogens is 414 g/mol. The Hall–Kier alpha value is -2.23. The summed E-state index contributed by atoms with van der Waals surface area (Å²) in [6.45, 7) is 2.22. The smallest absolute Gasteiger partial charge is 0.243 e. The van der Waals surface area contributed by atoms with Crippen molar-refractivity contribution in [1.29, 1.82) is 0 Å². The number of likely N-dealkylation sites (N-methyl/N-ethyl adjacent to an activating group) is 1. The van der Waals surface area contributed by atoms with Crippen molar-refractivity contribution in [3.8, 4) is 5.75 Å². The lowest BCUT2D eigenvalue weighted by Crippen LogP contribution is -2.40. The van der Waals surface area contributed by atoms with Crippen molar-refractivity contribution < 1.29 is 13.2 Å². The molecule has 31 heavy (non-hydrogen) atoms. The van der Waals surface area contributed by atoms with E-state index in [1.807, 2.05) is 19.0 Å². The average molecular weight is 446 g/mol. The van der Waals surface area contributed by atoms with Crippen LogP contribution >= 0.6 is 0 Å². The second-order valence-corrected chi connectivity index (χ2v) is 10.4. The van der Waals surface area contributed by atoms with Gasteiger partial charge in [0, 0.05) is 45.7 Å². The molecule has 0 aliphatic carbocycles. The summed E-state index contributed by atoms with van der Waals surface area (Å²) < 4.78 is 33.8. The van der Waals surface area contributed by atoms with Crippen LogP contribution in [-0.2, 0) is 23.0 Å². The van der Waals surface area contributed by atoms with Crippen molar-refractivity contribution >= 4 is 15.8 Å². The van der Waals surface area contributed by atoms with Gasteiger partial charge in [-0.15, -0.1) is 0 Å². The summed E-state index contributed by atoms with van der Waals surface area (Å²) in [7, 11) is 3.95. The minimum Gasteiger partial charge on any atom is -0.497 e. The number of rotatable bonds is 5. The number of piperidine rings is 1. The average Bonchev–Trinajstić information content (AvgIpc) is 2.78. The number of methoxy groups -OCH3 is 1. The molecule has 0 saturated carbocycles. The van der Waals surface area contributed by atoms with Crippen molar-refractivity contribution in [3.05, 3.63) is 41.3 Å². The summed E-state index contributed by atoms with van der Waals surface area (Å²) in [6, 6.07) is 6.22. The van der Waals surface area contributed by atoms with E-state index in [2.05, 4.69) is 11.9 Å². The zero-order valence-electron chi connectivity index (χ0n) is 18.7. The molecule has 0 bridgehead atoms. The third kappa shape index (κ3) is 4.26. The summed E-state index contributed by atoms with van der Waals surface area (Å²) in [5.41, 5.74) is 2.18. The van der Waals surface area contributed by atoms with Gasteiger partial charge in [-0.3, -0.25) is 0 Å². The zero-order valence-corrected chi connectivity index (χ0v) is 19.5. The molecule has 8 nitrogen and oxygen atoms in total. The molecule has 1 fully saturated rings. The van der Waals surface area contributed by atoms with Crippen LogP contribution in [0.2, 0.25) is 0 Å². The standard InChI is InChI=1S/C22H31N5O3S/c1-25(2)22-18-15-26(3)14-12-19(18)23-21(24-22)20-7-5-6-13-27(20)31(28,29)17-10-8-16(30-4)9-11-17/h8-11,20H,5-7,12-15H2,1-4H3/t20-/m1/s1. The summed E-state index contributed by atoms with van der Waals surface area (Å²) in [6.07, 6.45) is 3.36. The number of hydrogen-bond acceptors (Lipinski definition) is 7. The molecule has 0 radical (unpaired) electrons. The highest BCUT2D eigenvalue weighted by Gasteiger charge is 2.37. The van der Waals surface area contributed by atoms with Crippen LogP contribution in [0, 0.1) is 0 Å². The Morgan fingerprint density at radius 1 is 1.10 bits per heavy atom. The Kier molecular flexibility index (Phi) is 6.18. The van der Waals surface area contributed by atoms with E-state index in [0.717, 1.165) is 55.8 Å². The molecule has 3 heterocycles. The Bertz CT molecular complexity index is 1040.